The lowest BCUT2D eigenvalue weighted by atomic mass is 10.1. The maximum Gasteiger partial charge on any atom is 0.161 e. The molecule has 1 heterocycles. The Labute approximate surface area is 129 Å². The van der Waals surface area contributed by atoms with Gasteiger partial charge in [0, 0.05) is 11.5 Å². The van der Waals surface area contributed by atoms with Gasteiger partial charge in [-0.3, -0.25) is 0 Å². The first kappa shape index (κ1) is 13.6. The summed E-state index contributed by atoms with van der Waals surface area (Å²) in [4.78, 5) is 8.83. The van der Waals surface area contributed by atoms with E-state index in [-0.39, 0.29) is 5.75 Å². The molecule has 1 aromatic heterocycles. The molecule has 0 unspecified atom stereocenters. The smallest absolute Gasteiger partial charge is 0.161 e. The molecule has 3 rings (SSSR count). The third-order valence-corrected chi connectivity index (χ3v) is 4.52. The number of halogens is 2. The van der Waals surface area contributed by atoms with Crippen LogP contribution in [0.25, 0.3) is 11.4 Å². The van der Waals surface area contributed by atoms with Gasteiger partial charge in [-0.05, 0) is 47.0 Å². The molecule has 1 aliphatic carbocycles. The maximum atomic E-state index is 9.84. The molecule has 0 saturated heterocycles. The summed E-state index contributed by atoms with van der Waals surface area (Å²) in [5.41, 5.74) is 1.65. The van der Waals surface area contributed by atoms with E-state index in [1.165, 1.54) is 7.11 Å². The minimum atomic E-state index is 0.0561. The number of aromatic nitrogens is 2. The standard InChI is InChI=1S/C14H12BrClN2O2/c1-20-10-5-4-8(6-9(10)19)14-17-12(7-2-3-7)11(15)13(16)18-14/h4-7,19H,2-3H2,1H3. The van der Waals surface area contributed by atoms with Gasteiger partial charge in [0.15, 0.2) is 17.3 Å². The molecule has 1 aromatic carbocycles. The van der Waals surface area contributed by atoms with Gasteiger partial charge in [-0.1, -0.05) is 11.6 Å². The fourth-order valence-corrected chi connectivity index (χ4v) is 2.70. The van der Waals surface area contributed by atoms with Crippen LogP contribution in [0.2, 0.25) is 5.15 Å². The van der Waals surface area contributed by atoms with Crippen LogP contribution in [0.4, 0.5) is 0 Å². The van der Waals surface area contributed by atoms with Crippen LogP contribution in [0.5, 0.6) is 11.5 Å². The highest BCUT2D eigenvalue weighted by atomic mass is 79.9. The number of hydrogen-bond donors (Lipinski definition) is 1. The van der Waals surface area contributed by atoms with Crippen LogP contribution < -0.4 is 4.74 Å². The first-order valence-corrected chi connectivity index (χ1v) is 7.37. The van der Waals surface area contributed by atoms with Gasteiger partial charge in [0.1, 0.15) is 5.15 Å². The topological polar surface area (TPSA) is 55.2 Å². The lowest BCUT2D eigenvalue weighted by molar-refractivity contribution is 0.373. The van der Waals surface area contributed by atoms with Crippen molar-refractivity contribution in [2.45, 2.75) is 18.8 Å². The van der Waals surface area contributed by atoms with Crippen LogP contribution in [0, 0.1) is 0 Å². The van der Waals surface area contributed by atoms with E-state index < -0.39 is 0 Å². The highest BCUT2D eigenvalue weighted by Gasteiger charge is 2.29. The van der Waals surface area contributed by atoms with Crippen molar-refractivity contribution in [2.75, 3.05) is 7.11 Å². The Balaban J connectivity index is 2.07. The lowest BCUT2D eigenvalue weighted by Crippen LogP contribution is -1.97. The van der Waals surface area contributed by atoms with Gasteiger partial charge in [-0.2, -0.15) is 0 Å². The number of aromatic hydroxyl groups is 1. The predicted octanol–water partition coefficient (Wildman–Crippen LogP) is 4.15. The third kappa shape index (κ3) is 2.47. The van der Waals surface area contributed by atoms with Crippen molar-refractivity contribution in [1.29, 1.82) is 0 Å². The number of phenolic OH excluding ortho intramolecular Hbond substituents is 1. The van der Waals surface area contributed by atoms with Gasteiger partial charge in [-0.25, -0.2) is 9.97 Å². The molecule has 104 valence electrons. The second kappa shape index (κ2) is 5.22. The Bertz CT molecular complexity index is 674. The zero-order valence-corrected chi connectivity index (χ0v) is 13.1. The Morgan fingerprint density at radius 1 is 1.35 bits per heavy atom. The Hall–Kier alpha value is -1.33. The Morgan fingerprint density at radius 2 is 2.10 bits per heavy atom. The van der Waals surface area contributed by atoms with Crippen molar-refractivity contribution in [3.63, 3.8) is 0 Å². The number of benzene rings is 1. The average Bonchev–Trinajstić information content (AvgIpc) is 3.26. The summed E-state index contributed by atoms with van der Waals surface area (Å²) in [7, 11) is 1.51. The number of rotatable bonds is 3. The second-order valence-corrected chi connectivity index (χ2v) is 5.85. The van der Waals surface area contributed by atoms with E-state index in [1.54, 1.807) is 18.2 Å². The maximum absolute atomic E-state index is 9.84. The van der Waals surface area contributed by atoms with E-state index in [2.05, 4.69) is 25.9 Å². The molecule has 1 N–H and O–H groups in total. The summed E-state index contributed by atoms with van der Waals surface area (Å²) in [5, 5.41) is 10.2. The normalized spacial score (nSPS) is 14.3. The van der Waals surface area contributed by atoms with Crippen molar-refractivity contribution in [2.24, 2.45) is 0 Å². The van der Waals surface area contributed by atoms with Crippen LogP contribution >= 0.6 is 27.5 Å². The van der Waals surface area contributed by atoms with Gasteiger partial charge in [-0.15, -0.1) is 0 Å². The molecule has 0 radical (unpaired) electrons. The number of phenols is 1. The van der Waals surface area contributed by atoms with E-state index in [9.17, 15) is 5.11 Å². The molecule has 1 saturated carbocycles. The van der Waals surface area contributed by atoms with Gasteiger partial charge < -0.3 is 9.84 Å². The zero-order valence-electron chi connectivity index (χ0n) is 10.7. The molecule has 4 nitrogen and oxygen atoms in total. The summed E-state index contributed by atoms with van der Waals surface area (Å²) in [5.74, 6) is 1.44. The molecule has 0 aliphatic heterocycles. The Morgan fingerprint density at radius 3 is 2.70 bits per heavy atom. The number of nitrogens with zero attached hydrogens (tertiary/aromatic N) is 2. The number of ether oxygens (including phenoxy) is 1. The quantitative estimate of drug-likeness (QED) is 0.840. The molecule has 6 heteroatoms. The summed E-state index contributed by atoms with van der Waals surface area (Å²) < 4.78 is 5.79. The van der Waals surface area contributed by atoms with Gasteiger partial charge >= 0.3 is 0 Å². The first-order chi connectivity index (χ1) is 9.60. The second-order valence-electron chi connectivity index (χ2n) is 4.70. The zero-order chi connectivity index (χ0) is 14.3. The van der Waals surface area contributed by atoms with Crippen molar-refractivity contribution < 1.29 is 9.84 Å². The highest BCUT2D eigenvalue weighted by molar-refractivity contribution is 9.10. The highest BCUT2D eigenvalue weighted by Crippen LogP contribution is 2.44. The van der Waals surface area contributed by atoms with E-state index in [0.29, 0.717) is 28.2 Å². The molecule has 0 spiro atoms. The van der Waals surface area contributed by atoms with E-state index in [1.807, 2.05) is 0 Å². The predicted molar refractivity (Wildman–Crippen MR) is 80.4 cm³/mol. The van der Waals surface area contributed by atoms with Crippen LogP contribution in [-0.4, -0.2) is 22.2 Å². The van der Waals surface area contributed by atoms with Gasteiger partial charge in [0.05, 0.1) is 17.3 Å². The monoisotopic (exact) mass is 354 g/mol. The summed E-state index contributed by atoms with van der Waals surface area (Å²) in [6.45, 7) is 0. The molecule has 0 atom stereocenters. The third-order valence-electron chi connectivity index (χ3n) is 3.24. The van der Waals surface area contributed by atoms with E-state index in [4.69, 9.17) is 16.3 Å². The molecule has 1 fully saturated rings. The largest absolute Gasteiger partial charge is 0.504 e. The number of methoxy groups -OCH3 is 1. The first-order valence-electron chi connectivity index (χ1n) is 6.20. The minimum Gasteiger partial charge on any atom is -0.504 e. The van der Waals surface area contributed by atoms with Crippen molar-refractivity contribution >= 4 is 27.5 Å². The molecule has 0 bridgehead atoms. The van der Waals surface area contributed by atoms with Crippen LogP contribution in [0.3, 0.4) is 0 Å². The molecular formula is C14H12BrClN2O2. The molecule has 0 amide bonds. The SMILES string of the molecule is COc1ccc(-c2nc(Cl)c(Br)c(C3CC3)n2)cc1O. The summed E-state index contributed by atoms with van der Waals surface area (Å²) >= 11 is 9.59. The van der Waals surface area contributed by atoms with Crippen LogP contribution in [0.1, 0.15) is 24.5 Å². The van der Waals surface area contributed by atoms with Crippen LogP contribution in [0.15, 0.2) is 22.7 Å². The lowest BCUT2D eigenvalue weighted by Gasteiger charge is -2.09. The van der Waals surface area contributed by atoms with Gasteiger partial charge in [0.2, 0.25) is 0 Å². The molecular weight excluding hydrogens is 344 g/mol. The van der Waals surface area contributed by atoms with E-state index >= 15 is 0 Å². The Kier molecular flexibility index (Phi) is 3.56. The molecule has 2 aromatic rings. The van der Waals surface area contributed by atoms with Crippen LogP contribution in [-0.2, 0) is 0 Å². The van der Waals surface area contributed by atoms with Gasteiger partial charge in [0.25, 0.3) is 0 Å². The minimum absolute atomic E-state index is 0.0561. The fourth-order valence-electron chi connectivity index (χ4n) is 2.02. The average molecular weight is 356 g/mol. The summed E-state index contributed by atoms with van der Waals surface area (Å²) in [6, 6.07) is 5.06. The fraction of sp³-hybridized carbons (Fsp3) is 0.286. The van der Waals surface area contributed by atoms with E-state index in [0.717, 1.165) is 23.0 Å². The summed E-state index contributed by atoms with van der Waals surface area (Å²) in [6.07, 6.45) is 2.25. The van der Waals surface area contributed by atoms with Crippen molar-refractivity contribution in [3.05, 3.63) is 33.5 Å². The number of hydrogen-bond acceptors (Lipinski definition) is 4. The molecule has 20 heavy (non-hydrogen) atoms. The molecule has 1 aliphatic rings. The van der Waals surface area contributed by atoms with Crippen molar-refractivity contribution in [3.8, 4) is 22.9 Å². The van der Waals surface area contributed by atoms with Crippen molar-refractivity contribution in [1.82, 2.24) is 9.97 Å².